The molecule has 1 N–H and O–H groups in total. The molecule has 7 nitrogen and oxygen atoms in total. The molecule has 1 atom stereocenters. The lowest BCUT2D eigenvalue weighted by atomic mass is 10.1. The number of rotatable bonds is 10. The highest BCUT2D eigenvalue weighted by molar-refractivity contribution is 5.69. The highest BCUT2D eigenvalue weighted by Crippen LogP contribution is 2.37. The van der Waals surface area contributed by atoms with Gasteiger partial charge in [-0.1, -0.05) is 17.3 Å². The molecule has 0 unspecified atom stereocenters. The lowest BCUT2D eigenvalue weighted by Gasteiger charge is -2.29. The van der Waals surface area contributed by atoms with Crippen LogP contribution >= 0.6 is 0 Å². The Hall–Kier alpha value is -2.00. The molecule has 1 aliphatic heterocycles. The number of halogens is 1. The van der Waals surface area contributed by atoms with Crippen LogP contribution in [0.25, 0.3) is 11.3 Å². The van der Waals surface area contributed by atoms with Gasteiger partial charge in [-0.2, -0.15) is 0 Å². The van der Waals surface area contributed by atoms with E-state index in [0.717, 1.165) is 18.4 Å². The first kappa shape index (κ1) is 21.2. The maximum absolute atomic E-state index is 14.6. The van der Waals surface area contributed by atoms with Crippen molar-refractivity contribution in [2.45, 2.75) is 38.5 Å². The molecule has 2 aliphatic rings. The zero-order valence-corrected chi connectivity index (χ0v) is 17.4. The molecule has 0 radical (unpaired) electrons. The van der Waals surface area contributed by atoms with Crippen molar-refractivity contribution in [2.24, 2.45) is 0 Å². The average Bonchev–Trinajstić information content (AvgIpc) is 3.54. The highest BCUT2D eigenvalue weighted by Gasteiger charge is 2.34. The lowest BCUT2D eigenvalue weighted by Crippen LogP contribution is -2.38. The van der Waals surface area contributed by atoms with Crippen LogP contribution in [0.4, 0.5) is 10.3 Å². The molecule has 1 saturated carbocycles. The molecular weight excluding hydrogens is 389 g/mol. The van der Waals surface area contributed by atoms with Crippen LogP contribution in [0.3, 0.4) is 0 Å². The summed E-state index contributed by atoms with van der Waals surface area (Å²) < 4.78 is 31.2. The number of benzene rings is 1. The van der Waals surface area contributed by atoms with Crippen molar-refractivity contribution >= 4 is 5.88 Å². The van der Waals surface area contributed by atoms with Crippen molar-refractivity contribution in [3.63, 3.8) is 0 Å². The van der Waals surface area contributed by atoms with Crippen molar-refractivity contribution < 1.29 is 23.5 Å². The van der Waals surface area contributed by atoms with E-state index in [1.54, 1.807) is 18.2 Å². The minimum absolute atomic E-state index is 0.305. The molecule has 1 aromatic carbocycles. The monoisotopic (exact) mass is 419 g/mol. The zero-order valence-electron chi connectivity index (χ0n) is 17.4. The van der Waals surface area contributed by atoms with E-state index in [2.05, 4.69) is 15.0 Å². The Kier molecular flexibility index (Phi) is 6.99. The van der Waals surface area contributed by atoms with Crippen LogP contribution < -0.4 is 4.90 Å². The van der Waals surface area contributed by atoms with Gasteiger partial charge in [0, 0.05) is 44.4 Å². The maximum Gasteiger partial charge on any atom is 0.232 e. The quantitative estimate of drug-likeness (QED) is 0.635. The highest BCUT2D eigenvalue weighted by atomic mass is 19.1. The zero-order chi connectivity index (χ0) is 20.9. The van der Waals surface area contributed by atoms with Gasteiger partial charge in [0.25, 0.3) is 0 Å². The summed E-state index contributed by atoms with van der Waals surface area (Å²) in [6, 6.07) is 7.04. The van der Waals surface area contributed by atoms with Crippen LogP contribution in [0.15, 0.2) is 28.8 Å². The second kappa shape index (κ2) is 9.87. The van der Waals surface area contributed by atoms with Gasteiger partial charge in [0.05, 0.1) is 31.5 Å². The van der Waals surface area contributed by atoms with Gasteiger partial charge in [-0.05, 0) is 31.9 Å². The number of morpholine rings is 1. The van der Waals surface area contributed by atoms with Gasteiger partial charge in [0.15, 0.2) is 0 Å². The van der Waals surface area contributed by atoms with Crippen LogP contribution in [0.1, 0.15) is 25.3 Å². The van der Waals surface area contributed by atoms with Crippen molar-refractivity contribution in [3.05, 3.63) is 35.6 Å². The molecule has 0 bridgehead atoms. The van der Waals surface area contributed by atoms with E-state index < -0.39 is 6.10 Å². The Labute approximate surface area is 176 Å². The molecule has 30 heavy (non-hydrogen) atoms. The van der Waals surface area contributed by atoms with Crippen LogP contribution in [-0.4, -0.2) is 73.4 Å². The lowest BCUT2D eigenvalue weighted by molar-refractivity contribution is 0.0179. The Morgan fingerprint density at radius 3 is 2.77 bits per heavy atom. The van der Waals surface area contributed by atoms with Gasteiger partial charge in [-0.25, -0.2) is 4.39 Å². The van der Waals surface area contributed by atoms with E-state index in [1.807, 2.05) is 6.92 Å². The minimum Gasteiger partial charge on any atom is -0.389 e. The fourth-order valence-electron chi connectivity index (χ4n) is 3.89. The Morgan fingerprint density at radius 1 is 1.30 bits per heavy atom. The summed E-state index contributed by atoms with van der Waals surface area (Å²) in [7, 11) is 0. The van der Waals surface area contributed by atoms with E-state index in [0.29, 0.717) is 75.8 Å². The third-order valence-electron chi connectivity index (χ3n) is 5.58. The predicted molar refractivity (Wildman–Crippen MR) is 111 cm³/mol. The van der Waals surface area contributed by atoms with Crippen LogP contribution in [0.2, 0.25) is 0 Å². The van der Waals surface area contributed by atoms with Crippen molar-refractivity contribution in [2.75, 3.05) is 51.0 Å². The summed E-state index contributed by atoms with van der Waals surface area (Å²) in [5.41, 5.74) is 1.82. The molecule has 8 heteroatoms. The van der Waals surface area contributed by atoms with Gasteiger partial charge in [-0.3, -0.25) is 4.90 Å². The minimum atomic E-state index is -0.575. The number of ether oxygens (including phenoxy) is 2. The molecule has 0 amide bonds. The normalized spacial score (nSPS) is 18.2. The SMILES string of the molecule is CCOC[C@@H](O)CN(Cc1c(-c2ccccc2F)noc1N1CCOCC1)C1CC1. The number of aliphatic hydroxyl groups is 1. The Bertz CT molecular complexity index is 820. The molecule has 4 rings (SSSR count). The second-order valence-electron chi connectivity index (χ2n) is 7.87. The van der Waals surface area contributed by atoms with Gasteiger partial charge >= 0.3 is 0 Å². The van der Waals surface area contributed by atoms with Gasteiger partial charge in [0.2, 0.25) is 5.88 Å². The summed E-state index contributed by atoms with van der Waals surface area (Å²) >= 11 is 0. The molecule has 1 aliphatic carbocycles. The number of hydrogen-bond donors (Lipinski definition) is 1. The fourth-order valence-corrected chi connectivity index (χ4v) is 3.89. The molecule has 2 heterocycles. The van der Waals surface area contributed by atoms with Gasteiger partial charge < -0.3 is 24.0 Å². The largest absolute Gasteiger partial charge is 0.389 e. The van der Waals surface area contributed by atoms with Crippen LogP contribution in [0, 0.1) is 5.82 Å². The van der Waals surface area contributed by atoms with Crippen molar-refractivity contribution in [1.82, 2.24) is 10.1 Å². The Morgan fingerprint density at radius 2 is 2.07 bits per heavy atom. The molecule has 2 fully saturated rings. The summed E-state index contributed by atoms with van der Waals surface area (Å²) in [6.07, 6.45) is 1.61. The molecule has 164 valence electrons. The third-order valence-corrected chi connectivity index (χ3v) is 5.58. The first-order chi connectivity index (χ1) is 14.7. The van der Waals surface area contributed by atoms with Crippen molar-refractivity contribution in [3.8, 4) is 11.3 Å². The molecular formula is C22H30FN3O4. The van der Waals surface area contributed by atoms with E-state index >= 15 is 0 Å². The first-order valence-corrected chi connectivity index (χ1v) is 10.7. The summed E-state index contributed by atoms with van der Waals surface area (Å²) in [4.78, 5) is 4.35. The second-order valence-corrected chi connectivity index (χ2v) is 7.87. The third kappa shape index (κ3) is 5.00. The van der Waals surface area contributed by atoms with Gasteiger partial charge in [-0.15, -0.1) is 0 Å². The summed E-state index contributed by atoms with van der Waals surface area (Å²) in [5, 5.41) is 14.7. The standard InChI is InChI=1S/C22H30FN3O4/c1-2-28-15-17(27)13-26(16-7-8-16)14-19-21(18-5-3-4-6-20(18)23)24-30-22(19)25-9-11-29-12-10-25/h3-6,16-17,27H,2,7-15H2,1H3/t17-/m0/s1. The summed E-state index contributed by atoms with van der Waals surface area (Å²) in [6.45, 7) is 6.47. The van der Waals surface area contributed by atoms with Crippen LogP contribution in [-0.2, 0) is 16.0 Å². The topological polar surface area (TPSA) is 71.2 Å². The summed E-state index contributed by atoms with van der Waals surface area (Å²) in [5.74, 6) is 0.344. The maximum atomic E-state index is 14.6. The molecule has 2 aromatic rings. The van der Waals surface area contributed by atoms with Gasteiger partial charge in [0.1, 0.15) is 11.5 Å². The van der Waals surface area contributed by atoms with Crippen molar-refractivity contribution in [1.29, 1.82) is 0 Å². The molecule has 0 spiro atoms. The number of aromatic nitrogens is 1. The Balaban J connectivity index is 1.63. The average molecular weight is 419 g/mol. The number of anilines is 1. The number of hydrogen-bond acceptors (Lipinski definition) is 7. The predicted octanol–water partition coefficient (Wildman–Crippen LogP) is 2.68. The van der Waals surface area contributed by atoms with E-state index in [9.17, 15) is 9.50 Å². The molecule has 1 saturated heterocycles. The number of aliphatic hydroxyl groups excluding tert-OH is 1. The molecule has 1 aromatic heterocycles. The first-order valence-electron chi connectivity index (χ1n) is 10.7. The smallest absolute Gasteiger partial charge is 0.232 e. The van der Waals surface area contributed by atoms with E-state index in [-0.39, 0.29) is 5.82 Å². The fraction of sp³-hybridized carbons (Fsp3) is 0.591. The number of nitrogens with zero attached hydrogens (tertiary/aromatic N) is 3. The van der Waals surface area contributed by atoms with Crippen LogP contribution in [0.5, 0.6) is 0 Å². The van der Waals surface area contributed by atoms with E-state index in [4.69, 9.17) is 14.0 Å². The van der Waals surface area contributed by atoms with E-state index in [1.165, 1.54) is 6.07 Å².